The van der Waals surface area contributed by atoms with E-state index in [4.69, 9.17) is 0 Å². The van der Waals surface area contributed by atoms with Crippen LogP contribution in [-0.4, -0.2) is 38.7 Å². The highest BCUT2D eigenvalue weighted by molar-refractivity contribution is 5.96. The minimum atomic E-state index is -0.225. The molecule has 0 radical (unpaired) electrons. The van der Waals surface area contributed by atoms with E-state index >= 15 is 0 Å². The van der Waals surface area contributed by atoms with Gasteiger partial charge < -0.3 is 9.88 Å². The number of carbonyl (C=O) groups is 1. The molecule has 0 saturated carbocycles. The number of fused-ring (bicyclic) bond motifs is 1. The minimum absolute atomic E-state index is 0.130. The molecule has 3 aromatic rings. The maximum atomic E-state index is 12.8. The van der Waals surface area contributed by atoms with Crippen molar-refractivity contribution in [2.24, 2.45) is 0 Å². The van der Waals surface area contributed by atoms with Crippen LogP contribution in [0.15, 0.2) is 53.6 Å². The monoisotopic (exact) mass is 322 g/mol. The van der Waals surface area contributed by atoms with Crippen LogP contribution in [0.2, 0.25) is 0 Å². The molecule has 1 saturated heterocycles. The summed E-state index contributed by atoms with van der Waals surface area (Å²) in [7, 11) is 0. The van der Waals surface area contributed by atoms with E-state index in [9.17, 15) is 9.59 Å². The molecule has 3 heterocycles. The standard InChI is InChI=1S/C18H18N4O2/c23-17-15-7-2-1-5-13(15)11-16(20-17)18(24)21-9-3-6-14(12-21)22-10-4-8-19-22/h1-2,4-5,7-8,10-11,14H,3,6,9,12H2,(H,20,23). The largest absolute Gasteiger partial charge is 0.335 e. The summed E-state index contributed by atoms with van der Waals surface area (Å²) in [4.78, 5) is 29.6. The number of nitrogens with zero attached hydrogens (tertiary/aromatic N) is 3. The number of piperidine rings is 1. The summed E-state index contributed by atoms with van der Waals surface area (Å²) in [6.45, 7) is 1.31. The van der Waals surface area contributed by atoms with E-state index < -0.39 is 0 Å². The van der Waals surface area contributed by atoms with E-state index in [-0.39, 0.29) is 17.5 Å². The molecule has 0 aliphatic carbocycles. The zero-order valence-corrected chi connectivity index (χ0v) is 13.2. The van der Waals surface area contributed by atoms with Gasteiger partial charge in [0.15, 0.2) is 0 Å². The van der Waals surface area contributed by atoms with E-state index in [0.717, 1.165) is 18.2 Å². The first-order valence-electron chi connectivity index (χ1n) is 8.13. The van der Waals surface area contributed by atoms with Gasteiger partial charge in [-0.25, -0.2) is 0 Å². The third-order valence-corrected chi connectivity index (χ3v) is 4.57. The predicted molar refractivity (Wildman–Crippen MR) is 91.0 cm³/mol. The predicted octanol–water partition coefficient (Wildman–Crippen LogP) is 2.20. The van der Waals surface area contributed by atoms with Crippen LogP contribution in [0.4, 0.5) is 0 Å². The summed E-state index contributed by atoms with van der Waals surface area (Å²) < 4.78 is 1.91. The number of amides is 1. The van der Waals surface area contributed by atoms with Gasteiger partial charge in [0.25, 0.3) is 11.5 Å². The van der Waals surface area contributed by atoms with Gasteiger partial charge in [-0.05, 0) is 36.4 Å². The molecule has 1 fully saturated rings. The van der Waals surface area contributed by atoms with Gasteiger partial charge in [0, 0.05) is 30.9 Å². The lowest BCUT2D eigenvalue weighted by Crippen LogP contribution is -2.41. The summed E-state index contributed by atoms with van der Waals surface area (Å²) in [5.41, 5.74) is 0.122. The molecular weight excluding hydrogens is 304 g/mol. The Labute approximate surface area is 138 Å². The lowest BCUT2D eigenvalue weighted by molar-refractivity contribution is 0.0667. The van der Waals surface area contributed by atoms with Crippen LogP contribution in [0.1, 0.15) is 29.4 Å². The quantitative estimate of drug-likeness (QED) is 0.786. The lowest BCUT2D eigenvalue weighted by Gasteiger charge is -2.32. The van der Waals surface area contributed by atoms with Crippen molar-refractivity contribution in [2.45, 2.75) is 18.9 Å². The van der Waals surface area contributed by atoms with Crippen LogP contribution in [0, 0.1) is 0 Å². The van der Waals surface area contributed by atoms with Crippen molar-refractivity contribution in [3.63, 3.8) is 0 Å². The third-order valence-electron chi connectivity index (χ3n) is 4.57. The molecule has 0 spiro atoms. The van der Waals surface area contributed by atoms with Gasteiger partial charge in [-0.2, -0.15) is 5.10 Å². The summed E-state index contributed by atoms with van der Waals surface area (Å²) >= 11 is 0. The molecule has 1 aliphatic rings. The summed E-state index contributed by atoms with van der Waals surface area (Å²) in [6.07, 6.45) is 5.60. The smallest absolute Gasteiger partial charge is 0.270 e. The molecule has 0 bridgehead atoms. The van der Waals surface area contributed by atoms with Crippen molar-refractivity contribution in [1.82, 2.24) is 19.7 Å². The Hall–Kier alpha value is -2.89. The number of carbonyl (C=O) groups excluding carboxylic acids is 1. The number of rotatable bonds is 2. The first kappa shape index (κ1) is 14.7. The van der Waals surface area contributed by atoms with Crippen LogP contribution in [0.5, 0.6) is 0 Å². The number of hydrogen-bond acceptors (Lipinski definition) is 3. The molecule has 1 aliphatic heterocycles. The minimum Gasteiger partial charge on any atom is -0.335 e. The Morgan fingerprint density at radius 3 is 2.96 bits per heavy atom. The van der Waals surface area contributed by atoms with Gasteiger partial charge in [0.1, 0.15) is 5.69 Å². The van der Waals surface area contributed by atoms with Gasteiger partial charge >= 0.3 is 0 Å². The first-order valence-corrected chi connectivity index (χ1v) is 8.13. The summed E-state index contributed by atoms with van der Waals surface area (Å²) in [5, 5.41) is 5.66. The zero-order valence-electron chi connectivity index (χ0n) is 13.2. The first-order chi connectivity index (χ1) is 11.7. The fraction of sp³-hybridized carbons (Fsp3) is 0.278. The van der Waals surface area contributed by atoms with Crippen molar-refractivity contribution < 1.29 is 4.79 Å². The third kappa shape index (κ3) is 2.60. The number of hydrogen-bond donors (Lipinski definition) is 1. The van der Waals surface area contributed by atoms with Gasteiger partial charge in [0.05, 0.1) is 6.04 Å². The summed E-state index contributed by atoms with van der Waals surface area (Å²) in [6, 6.07) is 11.1. The molecule has 24 heavy (non-hydrogen) atoms. The van der Waals surface area contributed by atoms with Crippen LogP contribution in [0.25, 0.3) is 10.8 Å². The average Bonchev–Trinajstić information content (AvgIpc) is 3.16. The highest BCUT2D eigenvalue weighted by Gasteiger charge is 2.26. The van der Waals surface area contributed by atoms with Crippen molar-refractivity contribution in [3.05, 3.63) is 64.8 Å². The molecule has 122 valence electrons. The molecule has 1 atom stereocenters. The van der Waals surface area contributed by atoms with Crippen molar-refractivity contribution in [1.29, 1.82) is 0 Å². The number of pyridine rings is 1. The Kier molecular flexibility index (Phi) is 3.65. The molecule has 1 amide bonds. The van der Waals surface area contributed by atoms with E-state index in [1.165, 1.54) is 0 Å². The second kappa shape index (κ2) is 5.96. The fourth-order valence-corrected chi connectivity index (χ4v) is 3.35. The second-order valence-electron chi connectivity index (χ2n) is 6.13. The van der Waals surface area contributed by atoms with E-state index in [1.54, 1.807) is 23.2 Å². The molecule has 1 unspecified atom stereocenters. The Balaban J connectivity index is 1.62. The van der Waals surface area contributed by atoms with Gasteiger partial charge in [-0.3, -0.25) is 14.3 Å². The number of aromatic nitrogens is 3. The number of benzene rings is 1. The van der Waals surface area contributed by atoms with Crippen molar-refractivity contribution in [3.8, 4) is 0 Å². The molecule has 4 rings (SSSR count). The van der Waals surface area contributed by atoms with Gasteiger partial charge in [-0.1, -0.05) is 18.2 Å². The number of nitrogens with one attached hydrogen (secondary N) is 1. The Morgan fingerprint density at radius 1 is 1.25 bits per heavy atom. The maximum absolute atomic E-state index is 12.8. The van der Waals surface area contributed by atoms with Crippen molar-refractivity contribution in [2.75, 3.05) is 13.1 Å². The molecular formula is C18H18N4O2. The Bertz CT molecular complexity index is 930. The van der Waals surface area contributed by atoms with Crippen LogP contribution in [-0.2, 0) is 0 Å². The topological polar surface area (TPSA) is 71.0 Å². The van der Waals surface area contributed by atoms with Crippen molar-refractivity contribution >= 4 is 16.7 Å². The Morgan fingerprint density at radius 2 is 2.12 bits per heavy atom. The van der Waals surface area contributed by atoms with E-state index in [0.29, 0.717) is 24.2 Å². The van der Waals surface area contributed by atoms with Crippen LogP contribution in [0.3, 0.4) is 0 Å². The number of aromatic amines is 1. The van der Waals surface area contributed by atoms with E-state index in [2.05, 4.69) is 10.1 Å². The maximum Gasteiger partial charge on any atom is 0.270 e. The average molecular weight is 322 g/mol. The molecule has 6 nitrogen and oxygen atoms in total. The molecule has 1 N–H and O–H groups in total. The molecule has 1 aromatic carbocycles. The highest BCUT2D eigenvalue weighted by Crippen LogP contribution is 2.22. The van der Waals surface area contributed by atoms with Crippen LogP contribution < -0.4 is 5.56 Å². The zero-order chi connectivity index (χ0) is 16.5. The number of H-pyrrole nitrogens is 1. The highest BCUT2D eigenvalue weighted by atomic mass is 16.2. The van der Waals surface area contributed by atoms with Gasteiger partial charge in [0.2, 0.25) is 0 Å². The molecule has 6 heteroatoms. The summed E-state index contributed by atoms with van der Waals surface area (Å²) in [5.74, 6) is -0.130. The second-order valence-corrected chi connectivity index (χ2v) is 6.13. The van der Waals surface area contributed by atoms with E-state index in [1.807, 2.05) is 35.1 Å². The van der Waals surface area contributed by atoms with Crippen LogP contribution >= 0.6 is 0 Å². The molecule has 2 aromatic heterocycles. The normalized spacial score (nSPS) is 18.0. The lowest BCUT2D eigenvalue weighted by atomic mass is 10.0. The SMILES string of the molecule is O=C(c1cc2ccccc2c(=O)[nH]1)N1CCCC(n2cccn2)C1. The van der Waals surface area contributed by atoms with Gasteiger partial charge in [-0.15, -0.1) is 0 Å². The number of likely N-dealkylation sites (tertiary alicyclic amines) is 1. The fourth-order valence-electron chi connectivity index (χ4n) is 3.35.